The summed E-state index contributed by atoms with van der Waals surface area (Å²) in [6.07, 6.45) is -4.97. The van der Waals surface area contributed by atoms with Gasteiger partial charge in [-0.1, -0.05) is 0 Å². The molecule has 14 heteroatoms. The second kappa shape index (κ2) is 9.01. The summed E-state index contributed by atoms with van der Waals surface area (Å²) in [7, 11) is 0. The van der Waals surface area contributed by atoms with E-state index in [-0.39, 0.29) is 38.6 Å². The summed E-state index contributed by atoms with van der Waals surface area (Å²) in [6.45, 7) is 2.79. The van der Waals surface area contributed by atoms with Crippen molar-refractivity contribution in [2.75, 3.05) is 63.9 Å². The zero-order chi connectivity index (χ0) is 22.8. The van der Waals surface area contributed by atoms with Gasteiger partial charge in [0.2, 0.25) is 5.91 Å². The van der Waals surface area contributed by atoms with Crippen LogP contribution in [0.1, 0.15) is 5.56 Å². The lowest BCUT2D eigenvalue weighted by atomic mass is 10.1. The van der Waals surface area contributed by atoms with Crippen molar-refractivity contribution in [1.29, 1.82) is 0 Å². The number of halogens is 3. The lowest BCUT2D eigenvalue weighted by molar-refractivity contribution is -0.393. The highest BCUT2D eigenvalue weighted by Gasteiger charge is 2.40. The highest BCUT2D eigenvalue weighted by Crippen LogP contribution is 2.43. The lowest BCUT2D eigenvalue weighted by Gasteiger charge is -2.37. The van der Waals surface area contributed by atoms with E-state index >= 15 is 0 Å². The van der Waals surface area contributed by atoms with Gasteiger partial charge in [0.15, 0.2) is 5.69 Å². The minimum absolute atomic E-state index is 0.0158. The van der Waals surface area contributed by atoms with Gasteiger partial charge >= 0.3 is 6.18 Å². The third-order valence-electron chi connectivity index (χ3n) is 5.20. The summed E-state index contributed by atoms with van der Waals surface area (Å²) in [5.74, 6) is -0.155. The van der Waals surface area contributed by atoms with E-state index in [0.29, 0.717) is 38.4 Å². The lowest BCUT2D eigenvalue weighted by Crippen LogP contribution is -2.52. The van der Waals surface area contributed by atoms with Crippen molar-refractivity contribution in [2.45, 2.75) is 6.18 Å². The molecule has 2 aliphatic heterocycles. The van der Waals surface area contributed by atoms with Crippen molar-refractivity contribution in [2.24, 2.45) is 0 Å². The molecule has 170 valence electrons. The average molecular weight is 447 g/mol. The van der Waals surface area contributed by atoms with Crippen molar-refractivity contribution >= 4 is 23.0 Å². The molecular weight excluding hydrogens is 427 g/mol. The first-order valence-corrected chi connectivity index (χ1v) is 9.44. The maximum atomic E-state index is 13.1. The molecular formula is C17H20F3N5O6. The molecule has 1 amide bonds. The number of hydrogen-bond donors (Lipinski definition) is 0. The van der Waals surface area contributed by atoms with Gasteiger partial charge in [-0.2, -0.15) is 13.2 Å². The van der Waals surface area contributed by atoms with E-state index in [1.807, 2.05) is 4.90 Å². The molecule has 3 rings (SSSR count). The topological polar surface area (TPSA) is 122 Å². The molecule has 2 heterocycles. The number of rotatable bonds is 5. The number of nitro groups is 2. The molecule has 11 nitrogen and oxygen atoms in total. The maximum absolute atomic E-state index is 13.1. The third-order valence-corrected chi connectivity index (χ3v) is 5.20. The van der Waals surface area contributed by atoms with Crippen molar-refractivity contribution in [3.8, 4) is 0 Å². The largest absolute Gasteiger partial charge is 0.416 e. The van der Waals surface area contributed by atoms with E-state index < -0.39 is 38.6 Å². The number of carbonyl (C=O) groups is 1. The number of morpholine rings is 1. The monoisotopic (exact) mass is 447 g/mol. The molecule has 0 aromatic heterocycles. The fourth-order valence-electron chi connectivity index (χ4n) is 3.60. The van der Waals surface area contributed by atoms with Crippen LogP contribution >= 0.6 is 0 Å². The third kappa shape index (κ3) is 5.19. The normalized spacial score (nSPS) is 18.2. The molecule has 1 aromatic carbocycles. The standard InChI is InChI=1S/C17H20F3N5O6/c18-17(19,20)12-9-13(24(27)28)16(14(10-12)25(29)30)23-3-1-22(2-4-23)15(26)11-21-5-7-31-8-6-21/h9-10H,1-8,11H2. The van der Waals surface area contributed by atoms with Gasteiger partial charge in [0.25, 0.3) is 11.4 Å². The number of anilines is 1. The quantitative estimate of drug-likeness (QED) is 0.492. The van der Waals surface area contributed by atoms with E-state index in [4.69, 9.17) is 4.74 Å². The molecule has 0 bridgehead atoms. The van der Waals surface area contributed by atoms with Gasteiger partial charge in [-0.15, -0.1) is 0 Å². The zero-order valence-corrected chi connectivity index (χ0v) is 16.3. The van der Waals surface area contributed by atoms with Crippen LogP contribution < -0.4 is 4.90 Å². The van der Waals surface area contributed by atoms with Gasteiger partial charge in [-0.25, -0.2) is 0 Å². The molecule has 0 spiro atoms. The first-order chi connectivity index (χ1) is 14.6. The molecule has 0 unspecified atom stereocenters. The van der Waals surface area contributed by atoms with Gasteiger partial charge in [0.05, 0.1) is 35.2 Å². The van der Waals surface area contributed by atoms with Crippen LogP contribution in [0.3, 0.4) is 0 Å². The summed E-state index contributed by atoms with van der Waals surface area (Å²) in [5.41, 5.74) is -3.93. The van der Waals surface area contributed by atoms with E-state index in [0.717, 1.165) is 0 Å². The first kappa shape index (κ1) is 22.7. The van der Waals surface area contributed by atoms with Crippen LogP contribution in [-0.4, -0.2) is 84.6 Å². The van der Waals surface area contributed by atoms with Gasteiger partial charge in [0, 0.05) is 51.4 Å². The zero-order valence-electron chi connectivity index (χ0n) is 16.3. The Bertz CT molecular complexity index is 831. The number of piperazine rings is 1. The number of alkyl halides is 3. The highest BCUT2D eigenvalue weighted by atomic mass is 19.4. The Morgan fingerprint density at radius 1 is 0.968 bits per heavy atom. The van der Waals surface area contributed by atoms with Crippen LogP contribution in [0.15, 0.2) is 12.1 Å². The van der Waals surface area contributed by atoms with Crippen molar-refractivity contribution in [3.05, 3.63) is 37.9 Å². The van der Waals surface area contributed by atoms with Gasteiger partial charge in [-0.3, -0.25) is 29.9 Å². The minimum Gasteiger partial charge on any atom is -0.379 e. The van der Waals surface area contributed by atoms with Crippen molar-refractivity contribution in [1.82, 2.24) is 9.80 Å². The predicted molar refractivity (Wildman–Crippen MR) is 101 cm³/mol. The Kier molecular flexibility index (Phi) is 6.59. The van der Waals surface area contributed by atoms with E-state index in [1.165, 1.54) is 9.80 Å². The highest BCUT2D eigenvalue weighted by molar-refractivity contribution is 5.80. The Morgan fingerprint density at radius 2 is 1.48 bits per heavy atom. The van der Waals surface area contributed by atoms with E-state index in [1.54, 1.807) is 0 Å². The number of benzene rings is 1. The Labute approximate surface area is 174 Å². The fraction of sp³-hybridized carbons (Fsp3) is 0.588. The molecule has 2 fully saturated rings. The summed E-state index contributed by atoms with van der Waals surface area (Å²) in [6, 6.07) is 0.608. The minimum atomic E-state index is -4.97. The van der Waals surface area contributed by atoms with Crippen molar-refractivity contribution in [3.63, 3.8) is 0 Å². The average Bonchev–Trinajstić information content (AvgIpc) is 2.72. The van der Waals surface area contributed by atoms with Crippen LogP contribution in [-0.2, 0) is 15.7 Å². The number of nitro benzene ring substituents is 2. The molecule has 0 radical (unpaired) electrons. The fourth-order valence-corrected chi connectivity index (χ4v) is 3.60. The molecule has 0 N–H and O–H groups in total. The molecule has 0 atom stereocenters. The molecule has 0 aliphatic carbocycles. The molecule has 2 aliphatic rings. The first-order valence-electron chi connectivity index (χ1n) is 9.44. The van der Waals surface area contributed by atoms with Crippen LogP contribution in [0.2, 0.25) is 0 Å². The maximum Gasteiger partial charge on any atom is 0.416 e. The van der Waals surface area contributed by atoms with E-state index in [9.17, 15) is 38.2 Å². The van der Waals surface area contributed by atoms with Gasteiger partial charge < -0.3 is 14.5 Å². The smallest absolute Gasteiger partial charge is 0.379 e. The number of nitrogens with zero attached hydrogens (tertiary/aromatic N) is 5. The van der Waals surface area contributed by atoms with Crippen LogP contribution in [0.5, 0.6) is 0 Å². The predicted octanol–water partition coefficient (Wildman–Crippen LogP) is 1.50. The van der Waals surface area contributed by atoms with Crippen LogP contribution in [0, 0.1) is 20.2 Å². The summed E-state index contributed by atoms with van der Waals surface area (Å²) in [4.78, 5) is 38.0. The van der Waals surface area contributed by atoms with Crippen molar-refractivity contribution < 1.29 is 32.5 Å². The number of amides is 1. The second-order valence-corrected chi connectivity index (χ2v) is 7.13. The summed E-state index contributed by atoms with van der Waals surface area (Å²) in [5, 5.41) is 22.8. The van der Waals surface area contributed by atoms with E-state index in [2.05, 4.69) is 0 Å². The van der Waals surface area contributed by atoms with Crippen LogP contribution in [0.4, 0.5) is 30.2 Å². The van der Waals surface area contributed by atoms with Gasteiger partial charge in [0.1, 0.15) is 0 Å². The number of ether oxygens (including phenoxy) is 1. The molecule has 31 heavy (non-hydrogen) atoms. The Hall–Kier alpha value is -3.00. The summed E-state index contributed by atoms with van der Waals surface area (Å²) >= 11 is 0. The Balaban J connectivity index is 1.79. The van der Waals surface area contributed by atoms with Gasteiger partial charge in [-0.05, 0) is 0 Å². The Morgan fingerprint density at radius 3 is 1.94 bits per heavy atom. The molecule has 0 saturated carbocycles. The summed E-state index contributed by atoms with van der Waals surface area (Å²) < 4.78 is 44.4. The SMILES string of the molecule is O=C(CN1CCOCC1)N1CCN(c2c([N+](=O)[O-])cc(C(F)(F)F)cc2[N+](=O)[O-])CC1. The van der Waals surface area contributed by atoms with Crippen LogP contribution in [0.25, 0.3) is 0 Å². The molecule has 2 saturated heterocycles. The molecule has 1 aromatic rings. The number of hydrogen-bond acceptors (Lipinski definition) is 8. The number of carbonyl (C=O) groups excluding carboxylic acids is 1. The second-order valence-electron chi connectivity index (χ2n) is 7.13.